The Bertz CT molecular complexity index is 170. The van der Waals surface area contributed by atoms with Crippen LogP contribution in [0.1, 0.15) is 13.3 Å². The molecule has 0 aromatic heterocycles. The molecule has 12 heavy (non-hydrogen) atoms. The molecule has 3 heteroatoms. The van der Waals surface area contributed by atoms with Gasteiger partial charge in [-0.3, -0.25) is 0 Å². The van der Waals surface area contributed by atoms with Crippen LogP contribution >= 0.6 is 0 Å². The monoisotopic (exact) mass is 171 g/mol. The maximum atomic E-state index is 5.94. The van der Waals surface area contributed by atoms with Crippen LogP contribution in [0, 0.1) is 0 Å². The van der Waals surface area contributed by atoms with Crippen molar-refractivity contribution < 1.29 is 9.47 Å². The van der Waals surface area contributed by atoms with E-state index < -0.39 is 0 Å². The highest BCUT2D eigenvalue weighted by Gasteiger charge is 2.41. The molecule has 0 aromatic carbocycles. The highest BCUT2D eigenvalue weighted by atomic mass is 16.6. The van der Waals surface area contributed by atoms with Crippen molar-refractivity contribution in [2.75, 3.05) is 33.4 Å². The second-order valence-electron chi connectivity index (χ2n) is 4.11. The normalized spacial score (nSPS) is 44.0. The minimum atomic E-state index is 0.0203. The Morgan fingerprint density at radius 3 is 2.92 bits per heavy atom. The Kier molecular flexibility index (Phi) is 2.10. The van der Waals surface area contributed by atoms with Crippen LogP contribution in [0.25, 0.3) is 0 Å². The number of nitrogens with zero attached hydrogens (tertiary/aromatic N) is 1. The summed E-state index contributed by atoms with van der Waals surface area (Å²) >= 11 is 0. The van der Waals surface area contributed by atoms with Gasteiger partial charge in [-0.1, -0.05) is 0 Å². The van der Waals surface area contributed by atoms with Crippen molar-refractivity contribution in [3.63, 3.8) is 0 Å². The van der Waals surface area contributed by atoms with Crippen LogP contribution < -0.4 is 0 Å². The molecular weight excluding hydrogens is 154 g/mol. The maximum Gasteiger partial charge on any atom is 0.106 e. The van der Waals surface area contributed by atoms with Gasteiger partial charge in [-0.05, 0) is 20.4 Å². The van der Waals surface area contributed by atoms with Gasteiger partial charge in [0, 0.05) is 13.1 Å². The van der Waals surface area contributed by atoms with E-state index >= 15 is 0 Å². The van der Waals surface area contributed by atoms with Gasteiger partial charge < -0.3 is 14.4 Å². The Balaban J connectivity index is 2.00. The SMILES string of the molecule is CC1COCC2(CCN(C)C2)O1. The zero-order chi connectivity index (χ0) is 8.60. The van der Waals surface area contributed by atoms with Gasteiger partial charge in [0.25, 0.3) is 0 Å². The van der Waals surface area contributed by atoms with Gasteiger partial charge in [0.1, 0.15) is 5.60 Å². The third-order valence-corrected chi connectivity index (χ3v) is 2.68. The van der Waals surface area contributed by atoms with Crippen LogP contribution in [-0.2, 0) is 9.47 Å². The summed E-state index contributed by atoms with van der Waals surface area (Å²) in [4.78, 5) is 2.31. The van der Waals surface area contributed by atoms with Gasteiger partial charge in [0.05, 0.1) is 19.3 Å². The average molecular weight is 171 g/mol. The fourth-order valence-electron chi connectivity index (χ4n) is 2.16. The largest absolute Gasteiger partial charge is 0.376 e. The molecule has 2 saturated heterocycles. The predicted molar refractivity (Wildman–Crippen MR) is 46.2 cm³/mol. The lowest BCUT2D eigenvalue weighted by Gasteiger charge is -2.36. The van der Waals surface area contributed by atoms with E-state index in [1.807, 2.05) is 0 Å². The Hall–Kier alpha value is -0.120. The van der Waals surface area contributed by atoms with Crippen LogP contribution in [0.15, 0.2) is 0 Å². The zero-order valence-corrected chi connectivity index (χ0v) is 7.88. The van der Waals surface area contributed by atoms with Crippen LogP contribution in [0.5, 0.6) is 0 Å². The predicted octanol–water partition coefficient (Wildman–Crippen LogP) is 0.496. The van der Waals surface area contributed by atoms with Crippen LogP contribution in [-0.4, -0.2) is 50.0 Å². The Morgan fingerprint density at radius 1 is 1.50 bits per heavy atom. The summed E-state index contributed by atoms with van der Waals surface area (Å²) < 4.78 is 11.5. The first-order valence-corrected chi connectivity index (χ1v) is 4.64. The lowest BCUT2D eigenvalue weighted by Crippen LogP contribution is -2.48. The van der Waals surface area contributed by atoms with Gasteiger partial charge >= 0.3 is 0 Å². The van der Waals surface area contributed by atoms with E-state index in [9.17, 15) is 0 Å². The minimum absolute atomic E-state index is 0.0203. The minimum Gasteiger partial charge on any atom is -0.376 e. The molecule has 3 nitrogen and oxygen atoms in total. The van der Waals surface area contributed by atoms with Crippen LogP contribution in [0.4, 0.5) is 0 Å². The van der Waals surface area contributed by atoms with Crippen molar-refractivity contribution >= 4 is 0 Å². The molecule has 0 bridgehead atoms. The summed E-state index contributed by atoms with van der Waals surface area (Å²) in [6.07, 6.45) is 1.39. The fraction of sp³-hybridized carbons (Fsp3) is 1.00. The molecule has 1 spiro atoms. The first kappa shape index (κ1) is 8.48. The van der Waals surface area contributed by atoms with Crippen molar-refractivity contribution in [1.29, 1.82) is 0 Å². The molecule has 0 amide bonds. The van der Waals surface area contributed by atoms with E-state index in [0.29, 0.717) is 0 Å². The van der Waals surface area contributed by atoms with Crippen LogP contribution in [0.3, 0.4) is 0 Å². The number of likely N-dealkylation sites (N-methyl/N-ethyl adjacent to an activating group) is 1. The third kappa shape index (κ3) is 1.49. The quantitative estimate of drug-likeness (QED) is 0.529. The molecule has 0 saturated carbocycles. The Morgan fingerprint density at radius 2 is 2.33 bits per heavy atom. The molecule has 2 aliphatic heterocycles. The lowest BCUT2D eigenvalue weighted by atomic mass is 10.0. The van der Waals surface area contributed by atoms with E-state index in [1.165, 1.54) is 0 Å². The first-order valence-electron chi connectivity index (χ1n) is 4.64. The zero-order valence-electron chi connectivity index (χ0n) is 7.88. The van der Waals surface area contributed by atoms with Crippen molar-refractivity contribution in [2.24, 2.45) is 0 Å². The number of hydrogen-bond donors (Lipinski definition) is 0. The molecule has 2 fully saturated rings. The molecule has 2 atom stereocenters. The fourth-order valence-corrected chi connectivity index (χ4v) is 2.16. The second-order valence-corrected chi connectivity index (χ2v) is 4.11. The summed E-state index contributed by atoms with van der Waals surface area (Å²) in [7, 11) is 2.14. The Labute approximate surface area is 73.6 Å². The maximum absolute atomic E-state index is 5.94. The first-order chi connectivity index (χ1) is 5.70. The van der Waals surface area contributed by atoms with E-state index in [1.54, 1.807) is 0 Å². The van der Waals surface area contributed by atoms with Crippen molar-refractivity contribution in [1.82, 2.24) is 4.90 Å². The third-order valence-electron chi connectivity index (χ3n) is 2.68. The molecular formula is C9H17NO2. The summed E-state index contributed by atoms with van der Waals surface area (Å²) in [5.41, 5.74) is 0.0203. The van der Waals surface area contributed by atoms with E-state index in [-0.39, 0.29) is 11.7 Å². The molecule has 0 aromatic rings. The molecule has 70 valence electrons. The standard InChI is InChI=1S/C9H17NO2/c1-8-5-11-7-9(12-8)3-4-10(2)6-9/h8H,3-7H2,1-2H3. The molecule has 2 unspecified atom stereocenters. The van der Waals surface area contributed by atoms with Gasteiger partial charge in [0.15, 0.2) is 0 Å². The van der Waals surface area contributed by atoms with Gasteiger partial charge in [-0.15, -0.1) is 0 Å². The summed E-state index contributed by atoms with van der Waals surface area (Å²) in [5.74, 6) is 0. The number of rotatable bonds is 0. The summed E-state index contributed by atoms with van der Waals surface area (Å²) in [6.45, 7) is 5.78. The van der Waals surface area contributed by atoms with Gasteiger partial charge in [-0.25, -0.2) is 0 Å². The highest BCUT2D eigenvalue weighted by molar-refractivity contribution is 4.93. The summed E-state index contributed by atoms with van der Waals surface area (Å²) in [6, 6.07) is 0. The van der Waals surface area contributed by atoms with Crippen molar-refractivity contribution in [3.8, 4) is 0 Å². The molecule has 2 aliphatic rings. The van der Waals surface area contributed by atoms with E-state index in [4.69, 9.17) is 9.47 Å². The van der Waals surface area contributed by atoms with Crippen molar-refractivity contribution in [2.45, 2.75) is 25.0 Å². The molecule has 0 radical (unpaired) electrons. The topological polar surface area (TPSA) is 21.7 Å². The number of likely N-dealkylation sites (tertiary alicyclic amines) is 1. The second kappa shape index (κ2) is 2.98. The molecule has 0 aliphatic carbocycles. The smallest absolute Gasteiger partial charge is 0.106 e. The molecule has 2 rings (SSSR count). The molecule has 2 heterocycles. The van der Waals surface area contributed by atoms with Gasteiger partial charge in [-0.2, -0.15) is 0 Å². The highest BCUT2D eigenvalue weighted by Crippen LogP contribution is 2.29. The number of ether oxygens (including phenoxy) is 2. The molecule has 0 N–H and O–H groups in total. The summed E-state index contributed by atoms with van der Waals surface area (Å²) in [5, 5.41) is 0. The van der Waals surface area contributed by atoms with E-state index in [0.717, 1.165) is 32.7 Å². The van der Waals surface area contributed by atoms with Gasteiger partial charge in [0.2, 0.25) is 0 Å². The van der Waals surface area contributed by atoms with Crippen molar-refractivity contribution in [3.05, 3.63) is 0 Å². The lowest BCUT2D eigenvalue weighted by molar-refractivity contribution is -0.185. The van der Waals surface area contributed by atoms with E-state index in [2.05, 4.69) is 18.9 Å². The average Bonchev–Trinajstić information content (AvgIpc) is 2.32. The number of hydrogen-bond acceptors (Lipinski definition) is 3. The van der Waals surface area contributed by atoms with Crippen LogP contribution in [0.2, 0.25) is 0 Å².